The molecule has 2 atom stereocenters. The van der Waals surface area contributed by atoms with Gasteiger partial charge >= 0.3 is 0 Å². The van der Waals surface area contributed by atoms with Gasteiger partial charge in [0.2, 0.25) is 5.91 Å². The third kappa shape index (κ3) is 4.16. The Bertz CT molecular complexity index is 827. The standard InChI is InChI=1S/C22H30N4O3/c1-26-14-16(11-25-26)19-12-23-13-20(19)21(27)24-15-22(7-9-29-10-8-22)17-3-5-18(28-2)6-4-17/h3-6,11,14,19-20,23H,7-10,12-13,15H2,1-2H3,(H,24,27)/t19-,20+/m1/s1. The number of hydrogen-bond donors (Lipinski definition) is 2. The van der Waals surface area contributed by atoms with Crippen molar-refractivity contribution < 1.29 is 14.3 Å². The van der Waals surface area contributed by atoms with E-state index in [1.807, 2.05) is 31.6 Å². The molecule has 2 aliphatic rings. The van der Waals surface area contributed by atoms with Gasteiger partial charge in [-0.2, -0.15) is 5.10 Å². The first-order valence-electron chi connectivity index (χ1n) is 10.3. The van der Waals surface area contributed by atoms with Crippen molar-refractivity contribution in [3.8, 4) is 5.75 Å². The predicted molar refractivity (Wildman–Crippen MR) is 110 cm³/mol. The zero-order chi connectivity index (χ0) is 20.3. The van der Waals surface area contributed by atoms with E-state index >= 15 is 0 Å². The largest absolute Gasteiger partial charge is 0.497 e. The molecule has 156 valence electrons. The number of methoxy groups -OCH3 is 1. The van der Waals surface area contributed by atoms with E-state index in [9.17, 15) is 4.79 Å². The van der Waals surface area contributed by atoms with E-state index in [-0.39, 0.29) is 23.2 Å². The van der Waals surface area contributed by atoms with Crippen LogP contribution in [0.15, 0.2) is 36.7 Å². The van der Waals surface area contributed by atoms with E-state index in [2.05, 4.69) is 27.9 Å². The first-order valence-corrected chi connectivity index (χ1v) is 10.3. The number of ether oxygens (including phenoxy) is 2. The van der Waals surface area contributed by atoms with E-state index < -0.39 is 0 Å². The Morgan fingerprint density at radius 1 is 1.31 bits per heavy atom. The summed E-state index contributed by atoms with van der Waals surface area (Å²) in [5, 5.41) is 10.9. The number of hydrogen-bond acceptors (Lipinski definition) is 5. The van der Waals surface area contributed by atoms with Gasteiger partial charge in [-0.15, -0.1) is 0 Å². The fourth-order valence-electron chi connectivity index (χ4n) is 4.60. The molecule has 0 radical (unpaired) electrons. The molecule has 0 aliphatic carbocycles. The fraction of sp³-hybridized carbons (Fsp3) is 0.545. The lowest BCUT2D eigenvalue weighted by Crippen LogP contribution is -2.46. The van der Waals surface area contributed by atoms with Crippen molar-refractivity contribution in [2.45, 2.75) is 24.2 Å². The van der Waals surface area contributed by atoms with Crippen LogP contribution in [0.1, 0.15) is 29.9 Å². The number of carbonyl (C=O) groups is 1. The van der Waals surface area contributed by atoms with Crippen LogP contribution in [0.4, 0.5) is 0 Å². The quantitative estimate of drug-likeness (QED) is 0.773. The minimum atomic E-state index is -0.101. The Balaban J connectivity index is 1.47. The van der Waals surface area contributed by atoms with Crippen LogP contribution in [0.2, 0.25) is 0 Å². The summed E-state index contributed by atoms with van der Waals surface area (Å²) in [5.41, 5.74) is 2.25. The van der Waals surface area contributed by atoms with Gasteiger partial charge in [0.05, 0.1) is 19.2 Å². The van der Waals surface area contributed by atoms with E-state index in [1.54, 1.807) is 11.8 Å². The Morgan fingerprint density at radius 2 is 2.07 bits per heavy atom. The number of carbonyl (C=O) groups excluding carboxylic acids is 1. The highest BCUT2D eigenvalue weighted by Gasteiger charge is 2.38. The maximum atomic E-state index is 13.1. The molecule has 2 N–H and O–H groups in total. The molecule has 0 bridgehead atoms. The summed E-state index contributed by atoms with van der Waals surface area (Å²) in [7, 11) is 3.58. The zero-order valence-electron chi connectivity index (χ0n) is 17.2. The molecule has 4 rings (SSSR count). The molecule has 1 aromatic carbocycles. The van der Waals surface area contributed by atoms with Crippen molar-refractivity contribution in [1.82, 2.24) is 20.4 Å². The summed E-state index contributed by atoms with van der Waals surface area (Å²) in [6.45, 7) is 3.56. The van der Waals surface area contributed by atoms with Crippen LogP contribution in [0.3, 0.4) is 0 Å². The minimum absolute atomic E-state index is 0.0769. The minimum Gasteiger partial charge on any atom is -0.497 e. The van der Waals surface area contributed by atoms with Crippen LogP contribution in [0, 0.1) is 5.92 Å². The zero-order valence-corrected chi connectivity index (χ0v) is 17.2. The van der Waals surface area contributed by atoms with Gasteiger partial charge in [0.15, 0.2) is 0 Å². The molecule has 29 heavy (non-hydrogen) atoms. The molecule has 0 spiro atoms. The van der Waals surface area contributed by atoms with Gasteiger partial charge in [0.1, 0.15) is 5.75 Å². The van der Waals surface area contributed by atoms with E-state index in [4.69, 9.17) is 9.47 Å². The topological polar surface area (TPSA) is 77.4 Å². The molecule has 2 saturated heterocycles. The number of amides is 1. The third-order valence-electron chi connectivity index (χ3n) is 6.46. The molecule has 7 heteroatoms. The summed E-state index contributed by atoms with van der Waals surface area (Å²) >= 11 is 0. The Morgan fingerprint density at radius 3 is 2.72 bits per heavy atom. The molecule has 2 aliphatic heterocycles. The first-order chi connectivity index (χ1) is 14.1. The average molecular weight is 399 g/mol. The Labute approximate surface area is 171 Å². The first kappa shape index (κ1) is 19.9. The van der Waals surface area contributed by atoms with Gasteiger partial charge in [-0.3, -0.25) is 9.48 Å². The maximum Gasteiger partial charge on any atom is 0.225 e. The molecule has 0 saturated carbocycles. The van der Waals surface area contributed by atoms with Gasteiger partial charge in [-0.25, -0.2) is 0 Å². The molecule has 3 heterocycles. The smallest absolute Gasteiger partial charge is 0.225 e. The summed E-state index contributed by atoms with van der Waals surface area (Å²) in [5.74, 6) is 1.04. The van der Waals surface area contributed by atoms with Crippen LogP contribution >= 0.6 is 0 Å². The summed E-state index contributed by atoms with van der Waals surface area (Å²) < 4.78 is 12.7. The second-order valence-corrected chi connectivity index (χ2v) is 8.16. The molecule has 1 amide bonds. The van der Waals surface area contributed by atoms with Gasteiger partial charge in [-0.05, 0) is 36.1 Å². The lowest BCUT2D eigenvalue weighted by molar-refractivity contribution is -0.125. The Kier molecular flexibility index (Phi) is 5.87. The number of aromatic nitrogens is 2. The highest BCUT2D eigenvalue weighted by Crippen LogP contribution is 2.36. The number of aryl methyl sites for hydroxylation is 1. The highest BCUT2D eigenvalue weighted by atomic mass is 16.5. The molecular weight excluding hydrogens is 368 g/mol. The van der Waals surface area contributed by atoms with Crippen LogP contribution in [-0.4, -0.2) is 55.6 Å². The van der Waals surface area contributed by atoms with Gasteiger partial charge in [0, 0.05) is 57.4 Å². The van der Waals surface area contributed by atoms with Gasteiger partial charge in [0.25, 0.3) is 0 Å². The SMILES string of the molecule is COc1ccc(C2(CNC(=O)[C@H]3CNC[C@@H]3c3cnn(C)c3)CCOCC2)cc1. The number of rotatable bonds is 6. The molecule has 7 nitrogen and oxygen atoms in total. The number of nitrogens with zero attached hydrogens (tertiary/aromatic N) is 2. The van der Waals surface area contributed by atoms with Crippen LogP contribution in [-0.2, 0) is 22.0 Å². The third-order valence-corrected chi connectivity index (χ3v) is 6.46. The number of benzene rings is 1. The highest BCUT2D eigenvalue weighted by molar-refractivity contribution is 5.80. The lowest BCUT2D eigenvalue weighted by Gasteiger charge is -2.38. The van der Waals surface area contributed by atoms with Crippen LogP contribution < -0.4 is 15.4 Å². The van der Waals surface area contributed by atoms with Crippen molar-refractivity contribution in [1.29, 1.82) is 0 Å². The number of nitrogens with one attached hydrogen (secondary N) is 2. The normalized spacial score (nSPS) is 23.7. The maximum absolute atomic E-state index is 13.1. The lowest BCUT2D eigenvalue weighted by atomic mass is 9.74. The molecular formula is C22H30N4O3. The van der Waals surface area contributed by atoms with Gasteiger partial charge in [-0.1, -0.05) is 12.1 Å². The fourth-order valence-corrected chi connectivity index (χ4v) is 4.60. The second-order valence-electron chi connectivity index (χ2n) is 8.16. The van der Waals surface area contributed by atoms with Crippen molar-refractivity contribution in [2.75, 3.05) is 40.0 Å². The predicted octanol–water partition coefficient (Wildman–Crippen LogP) is 1.60. The van der Waals surface area contributed by atoms with Gasteiger partial charge < -0.3 is 20.1 Å². The van der Waals surface area contributed by atoms with Crippen LogP contribution in [0.25, 0.3) is 0 Å². The second kappa shape index (κ2) is 8.55. The van der Waals surface area contributed by atoms with E-state index in [0.29, 0.717) is 26.3 Å². The Hall–Kier alpha value is -2.38. The van der Waals surface area contributed by atoms with Crippen molar-refractivity contribution in [3.05, 3.63) is 47.8 Å². The molecule has 1 aromatic heterocycles. The van der Waals surface area contributed by atoms with Crippen molar-refractivity contribution in [2.24, 2.45) is 13.0 Å². The molecule has 0 unspecified atom stereocenters. The van der Waals surface area contributed by atoms with Crippen LogP contribution in [0.5, 0.6) is 5.75 Å². The molecule has 2 aromatic rings. The monoisotopic (exact) mass is 398 g/mol. The average Bonchev–Trinajstić information content (AvgIpc) is 3.41. The summed E-state index contributed by atoms with van der Waals surface area (Å²) in [6.07, 6.45) is 5.67. The summed E-state index contributed by atoms with van der Waals surface area (Å²) in [6, 6.07) is 8.22. The molecule has 2 fully saturated rings. The van der Waals surface area contributed by atoms with E-state index in [1.165, 1.54) is 5.56 Å². The van der Waals surface area contributed by atoms with Crippen molar-refractivity contribution >= 4 is 5.91 Å². The summed E-state index contributed by atoms with van der Waals surface area (Å²) in [4.78, 5) is 13.1. The van der Waals surface area contributed by atoms with Crippen molar-refractivity contribution in [3.63, 3.8) is 0 Å². The van der Waals surface area contributed by atoms with E-state index in [0.717, 1.165) is 30.7 Å².